The standard InChI is InChI=1S/C17H24N4/c1-2-3-14-4-6-15(7-5-14)16(18)12-20-10-11-21-9-8-19-17(21)13-20/h4-9,16H,2-3,10-13,18H2,1H3. The maximum absolute atomic E-state index is 6.38. The Kier molecular flexibility index (Phi) is 4.36. The molecule has 4 nitrogen and oxygen atoms in total. The molecule has 0 saturated heterocycles. The molecule has 21 heavy (non-hydrogen) atoms. The highest BCUT2D eigenvalue weighted by Crippen LogP contribution is 2.17. The van der Waals surface area contributed by atoms with Gasteiger partial charge in [0, 0.05) is 38.1 Å². The van der Waals surface area contributed by atoms with Gasteiger partial charge in [0.2, 0.25) is 0 Å². The van der Waals surface area contributed by atoms with E-state index < -0.39 is 0 Å². The first-order chi connectivity index (χ1) is 10.3. The molecule has 0 bridgehead atoms. The van der Waals surface area contributed by atoms with Crippen LogP contribution in [0.1, 0.15) is 36.3 Å². The monoisotopic (exact) mass is 284 g/mol. The first-order valence-electron chi connectivity index (χ1n) is 7.83. The van der Waals surface area contributed by atoms with Crippen molar-refractivity contribution in [3.63, 3.8) is 0 Å². The van der Waals surface area contributed by atoms with E-state index in [0.29, 0.717) is 0 Å². The van der Waals surface area contributed by atoms with E-state index in [0.717, 1.165) is 38.4 Å². The Morgan fingerprint density at radius 3 is 2.81 bits per heavy atom. The molecular weight excluding hydrogens is 260 g/mol. The Labute approximate surface area is 126 Å². The van der Waals surface area contributed by atoms with Gasteiger partial charge >= 0.3 is 0 Å². The molecule has 1 unspecified atom stereocenters. The summed E-state index contributed by atoms with van der Waals surface area (Å²) in [7, 11) is 0. The third-order valence-electron chi connectivity index (χ3n) is 4.23. The van der Waals surface area contributed by atoms with Crippen LogP contribution in [-0.4, -0.2) is 27.5 Å². The molecule has 112 valence electrons. The maximum atomic E-state index is 6.38. The summed E-state index contributed by atoms with van der Waals surface area (Å²) in [6.07, 6.45) is 6.26. The van der Waals surface area contributed by atoms with Crippen molar-refractivity contribution in [3.8, 4) is 0 Å². The van der Waals surface area contributed by atoms with Gasteiger partial charge in [0.05, 0.1) is 6.54 Å². The van der Waals surface area contributed by atoms with Gasteiger partial charge in [-0.1, -0.05) is 37.6 Å². The highest BCUT2D eigenvalue weighted by Gasteiger charge is 2.19. The summed E-state index contributed by atoms with van der Waals surface area (Å²) in [4.78, 5) is 6.80. The average Bonchev–Trinajstić information content (AvgIpc) is 2.96. The number of benzene rings is 1. The fourth-order valence-electron chi connectivity index (χ4n) is 2.98. The van der Waals surface area contributed by atoms with Gasteiger partial charge in [0.25, 0.3) is 0 Å². The zero-order valence-electron chi connectivity index (χ0n) is 12.7. The SMILES string of the molecule is CCCc1ccc(C(N)CN2CCn3ccnc3C2)cc1. The Morgan fingerprint density at radius 1 is 1.24 bits per heavy atom. The first kappa shape index (κ1) is 14.3. The molecule has 2 heterocycles. The van der Waals surface area contributed by atoms with Crippen LogP contribution < -0.4 is 5.73 Å². The Morgan fingerprint density at radius 2 is 2.05 bits per heavy atom. The number of hydrogen-bond donors (Lipinski definition) is 1. The van der Waals surface area contributed by atoms with Crippen molar-refractivity contribution in [2.75, 3.05) is 13.1 Å². The smallest absolute Gasteiger partial charge is 0.122 e. The summed E-state index contributed by atoms with van der Waals surface area (Å²) in [5, 5.41) is 0. The van der Waals surface area contributed by atoms with E-state index in [2.05, 4.69) is 51.8 Å². The number of aryl methyl sites for hydroxylation is 1. The van der Waals surface area contributed by atoms with E-state index >= 15 is 0 Å². The molecule has 1 aliphatic rings. The number of fused-ring (bicyclic) bond motifs is 1. The maximum Gasteiger partial charge on any atom is 0.122 e. The second kappa shape index (κ2) is 6.41. The lowest BCUT2D eigenvalue weighted by Crippen LogP contribution is -2.38. The molecule has 2 aromatic rings. The first-order valence-corrected chi connectivity index (χ1v) is 7.83. The van der Waals surface area contributed by atoms with E-state index in [9.17, 15) is 0 Å². The van der Waals surface area contributed by atoms with Gasteiger partial charge in [-0.2, -0.15) is 0 Å². The van der Waals surface area contributed by atoms with Crippen molar-refractivity contribution in [2.24, 2.45) is 5.73 Å². The summed E-state index contributed by atoms with van der Waals surface area (Å²) in [6.45, 7) is 6.05. The summed E-state index contributed by atoms with van der Waals surface area (Å²) in [6, 6.07) is 8.85. The zero-order valence-corrected chi connectivity index (χ0v) is 12.7. The predicted octanol–water partition coefficient (Wildman–Crippen LogP) is 2.35. The second-order valence-electron chi connectivity index (χ2n) is 5.87. The minimum atomic E-state index is 0.0715. The molecule has 1 atom stereocenters. The molecule has 0 spiro atoms. The Balaban J connectivity index is 1.60. The van der Waals surface area contributed by atoms with Gasteiger partial charge in [-0.15, -0.1) is 0 Å². The number of nitrogens with zero attached hydrogens (tertiary/aromatic N) is 3. The van der Waals surface area contributed by atoms with E-state index in [-0.39, 0.29) is 6.04 Å². The lowest BCUT2D eigenvalue weighted by molar-refractivity contribution is 0.205. The molecule has 0 amide bonds. The van der Waals surface area contributed by atoms with E-state index in [4.69, 9.17) is 5.73 Å². The van der Waals surface area contributed by atoms with Crippen LogP contribution in [0.5, 0.6) is 0 Å². The van der Waals surface area contributed by atoms with Gasteiger partial charge < -0.3 is 10.3 Å². The van der Waals surface area contributed by atoms with E-state index in [1.165, 1.54) is 17.5 Å². The molecule has 3 rings (SSSR count). The third kappa shape index (κ3) is 3.34. The van der Waals surface area contributed by atoms with Crippen LogP contribution >= 0.6 is 0 Å². The molecule has 0 radical (unpaired) electrons. The van der Waals surface area contributed by atoms with Gasteiger partial charge in [0.15, 0.2) is 0 Å². The number of imidazole rings is 1. The molecule has 0 saturated carbocycles. The molecule has 1 aromatic heterocycles. The summed E-state index contributed by atoms with van der Waals surface area (Å²) >= 11 is 0. The normalized spacial score (nSPS) is 16.7. The molecule has 4 heteroatoms. The van der Waals surface area contributed by atoms with Crippen molar-refractivity contribution in [1.29, 1.82) is 0 Å². The number of hydrogen-bond acceptors (Lipinski definition) is 3. The minimum Gasteiger partial charge on any atom is -0.333 e. The summed E-state index contributed by atoms with van der Waals surface area (Å²) < 4.78 is 2.22. The molecule has 2 N–H and O–H groups in total. The van der Waals surface area contributed by atoms with E-state index in [1.807, 2.05) is 6.20 Å². The molecule has 0 aliphatic carbocycles. The lowest BCUT2D eigenvalue weighted by Gasteiger charge is -2.29. The lowest BCUT2D eigenvalue weighted by atomic mass is 10.0. The topological polar surface area (TPSA) is 47.1 Å². The predicted molar refractivity (Wildman–Crippen MR) is 84.9 cm³/mol. The third-order valence-corrected chi connectivity index (χ3v) is 4.23. The van der Waals surface area contributed by atoms with Crippen molar-refractivity contribution in [2.45, 2.75) is 38.9 Å². The number of aromatic nitrogens is 2. The molecule has 0 fully saturated rings. The highest BCUT2D eigenvalue weighted by molar-refractivity contribution is 5.25. The van der Waals surface area contributed by atoms with Crippen LogP contribution in [0.4, 0.5) is 0 Å². The molecular formula is C17H24N4. The average molecular weight is 284 g/mol. The van der Waals surface area contributed by atoms with Gasteiger partial charge in [-0.25, -0.2) is 4.98 Å². The van der Waals surface area contributed by atoms with Crippen LogP contribution in [0.2, 0.25) is 0 Å². The fourth-order valence-corrected chi connectivity index (χ4v) is 2.98. The number of nitrogens with two attached hydrogens (primary N) is 1. The van der Waals surface area contributed by atoms with Gasteiger partial charge in [-0.3, -0.25) is 4.90 Å². The largest absolute Gasteiger partial charge is 0.333 e. The fraction of sp³-hybridized carbons (Fsp3) is 0.471. The molecule has 1 aliphatic heterocycles. The van der Waals surface area contributed by atoms with Crippen molar-refractivity contribution in [3.05, 3.63) is 53.6 Å². The van der Waals surface area contributed by atoms with Crippen molar-refractivity contribution >= 4 is 0 Å². The highest BCUT2D eigenvalue weighted by atomic mass is 15.2. The van der Waals surface area contributed by atoms with Gasteiger partial charge in [0.1, 0.15) is 5.82 Å². The van der Waals surface area contributed by atoms with Crippen LogP contribution in [0.25, 0.3) is 0 Å². The van der Waals surface area contributed by atoms with Crippen molar-refractivity contribution < 1.29 is 0 Å². The Bertz CT molecular complexity index is 573. The number of rotatable bonds is 5. The quantitative estimate of drug-likeness (QED) is 0.917. The zero-order chi connectivity index (χ0) is 14.7. The van der Waals surface area contributed by atoms with Crippen LogP contribution in [0.3, 0.4) is 0 Å². The van der Waals surface area contributed by atoms with Crippen LogP contribution in [-0.2, 0) is 19.5 Å². The Hall–Kier alpha value is -1.65. The van der Waals surface area contributed by atoms with Crippen LogP contribution in [0.15, 0.2) is 36.7 Å². The van der Waals surface area contributed by atoms with Gasteiger partial charge in [-0.05, 0) is 17.5 Å². The summed E-state index contributed by atoms with van der Waals surface area (Å²) in [5.74, 6) is 1.15. The summed E-state index contributed by atoms with van der Waals surface area (Å²) in [5.41, 5.74) is 9.00. The minimum absolute atomic E-state index is 0.0715. The molecule has 1 aromatic carbocycles. The second-order valence-corrected chi connectivity index (χ2v) is 5.87. The van der Waals surface area contributed by atoms with Crippen molar-refractivity contribution in [1.82, 2.24) is 14.5 Å². The van der Waals surface area contributed by atoms with Crippen LogP contribution in [0, 0.1) is 0 Å². The van der Waals surface area contributed by atoms with E-state index in [1.54, 1.807) is 0 Å².